The van der Waals surface area contributed by atoms with Crippen LogP contribution in [0.2, 0.25) is 0 Å². The van der Waals surface area contributed by atoms with Gasteiger partial charge in [0.2, 0.25) is 5.95 Å². The van der Waals surface area contributed by atoms with E-state index in [1.165, 1.54) is 6.33 Å². The lowest BCUT2D eigenvalue weighted by Gasteiger charge is -2.00. The summed E-state index contributed by atoms with van der Waals surface area (Å²) in [4.78, 5) is 21.6. The van der Waals surface area contributed by atoms with Gasteiger partial charge in [0.05, 0.1) is 0 Å². The lowest BCUT2D eigenvalue weighted by molar-refractivity contribution is 1.08. The number of nitrogens with one attached hydrogen (secondary N) is 1. The first-order valence-corrected chi connectivity index (χ1v) is 3.98. The van der Waals surface area contributed by atoms with Crippen molar-refractivity contribution in [2.45, 2.75) is 6.92 Å². The number of anilines is 1. The third-order valence-electron chi connectivity index (χ3n) is 1.84. The molecule has 0 atom stereocenters. The van der Waals surface area contributed by atoms with Gasteiger partial charge in [-0.3, -0.25) is 14.3 Å². The lowest BCUT2D eigenvalue weighted by Crippen LogP contribution is -2.11. The number of aromatic nitrogens is 4. The van der Waals surface area contributed by atoms with E-state index < -0.39 is 0 Å². The second-order valence-electron chi connectivity index (χ2n) is 2.97. The van der Waals surface area contributed by atoms with E-state index in [2.05, 4.69) is 21.5 Å². The second kappa shape index (κ2) is 2.69. The van der Waals surface area contributed by atoms with Crippen molar-refractivity contribution < 1.29 is 0 Å². The maximum Gasteiger partial charge on any atom is 0.280 e. The van der Waals surface area contributed by atoms with Gasteiger partial charge < -0.3 is 5.73 Å². The fourth-order valence-corrected chi connectivity index (χ4v) is 1.21. The van der Waals surface area contributed by atoms with E-state index in [9.17, 15) is 4.79 Å². The molecule has 2 aromatic rings. The number of hydrogen-bond acceptors (Lipinski definition) is 4. The standard InChI is InChI=1S/C8H9N5O/c1-4(2)13-3-10-5-6(13)11-8(9)12-7(5)14/h3H,1H2,2H3,(H3,9,11,12,14). The number of H-pyrrole nitrogens is 1. The average molecular weight is 191 g/mol. The number of nitrogens with two attached hydrogens (primary N) is 1. The molecule has 0 aromatic carbocycles. The van der Waals surface area contributed by atoms with Gasteiger partial charge in [0.15, 0.2) is 11.2 Å². The summed E-state index contributed by atoms with van der Waals surface area (Å²) in [6, 6.07) is 0. The Labute approximate surface area is 79.1 Å². The van der Waals surface area contributed by atoms with Crippen molar-refractivity contribution in [1.82, 2.24) is 19.5 Å². The van der Waals surface area contributed by atoms with E-state index in [0.717, 1.165) is 5.70 Å². The van der Waals surface area contributed by atoms with Crippen LogP contribution < -0.4 is 11.3 Å². The molecule has 2 aromatic heterocycles. The Bertz CT molecular complexity index is 565. The molecule has 0 fully saturated rings. The molecule has 0 aliphatic carbocycles. The first-order chi connectivity index (χ1) is 6.59. The number of hydrogen-bond donors (Lipinski definition) is 2. The van der Waals surface area contributed by atoms with Crippen molar-refractivity contribution in [3.63, 3.8) is 0 Å². The van der Waals surface area contributed by atoms with Crippen molar-refractivity contribution >= 4 is 22.8 Å². The molecule has 0 saturated carbocycles. The van der Waals surface area contributed by atoms with E-state index in [-0.39, 0.29) is 17.0 Å². The molecule has 6 heteroatoms. The molecule has 2 heterocycles. The van der Waals surface area contributed by atoms with Gasteiger partial charge >= 0.3 is 0 Å². The predicted octanol–water partition coefficient (Wildman–Crippen LogP) is 0.192. The quantitative estimate of drug-likeness (QED) is 0.673. The summed E-state index contributed by atoms with van der Waals surface area (Å²) in [6.45, 7) is 5.53. The van der Waals surface area contributed by atoms with Gasteiger partial charge in [-0.15, -0.1) is 0 Å². The first kappa shape index (κ1) is 8.49. The number of fused-ring (bicyclic) bond motifs is 1. The molecule has 0 bridgehead atoms. The maximum atomic E-state index is 11.4. The number of imidazole rings is 1. The molecule has 3 N–H and O–H groups in total. The Morgan fingerprint density at radius 1 is 1.71 bits per heavy atom. The zero-order valence-corrected chi connectivity index (χ0v) is 7.61. The molecule has 0 radical (unpaired) electrons. The minimum absolute atomic E-state index is 0.0745. The van der Waals surface area contributed by atoms with Gasteiger partial charge in [-0.1, -0.05) is 6.58 Å². The lowest BCUT2D eigenvalue weighted by atomic mass is 10.5. The van der Waals surface area contributed by atoms with Crippen molar-refractivity contribution in [3.05, 3.63) is 23.3 Å². The van der Waals surface area contributed by atoms with Crippen LogP contribution in [0.4, 0.5) is 5.95 Å². The fourth-order valence-electron chi connectivity index (χ4n) is 1.21. The molecule has 14 heavy (non-hydrogen) atoms. The molecule has 0 spiro atoms. The van der Waals surface area contributed by atoms with Crippen LogP contribution in [0.3, 0.4) is 0 Å². The summed E-state index contributed by atoms with van der Waals surface area (Å²) < 4.78 is 1.61. The molecule has 0 amide bonds. The van der Waals surface area contributed by atoms with Crippen LogP contribution in [0.5, 0.6) is 0 Å². The normalized spacial score (nSPS) is 10.6. The second-order valence-corrected chi connectivity index (χ2v) is 2.97. The highest BCUT2D eigenvalue weighted by atomic mass is 16.1. The highest BCUT2D eigenvalue weighted by Gasteiger charge is 2.08. The summed E-state index contributed by atoms with van der Waals surface area (Å²) >= 11 is 0. The molecule has 0 unspecified atom stereocenters. The monoisotopic (exact) mass is 191 g/mol. The van der Waals surface area contributed by atoms with Crippen LogP contribution in [0.25, 0.3) is 16.9 Å². The molecule has 72 valence electrons. The summed E-state index contributed by atoms with van der Waals surface area (Å²) in [5.74, 6) is 0.0745. The highest BCUT2D eigenvalue weighted by Crippen LogP contribution is 2.10. The van der Waals surface area contributed by atoms with E-state index in [4.69, 9.17) is 5.73 Å². The Hall–Kier alpha value is -2.11. The highest BCUT2D eigenvalue weighted by molar-refractivity contribution is 5.74. The van der Waals surface area contributed by atoms with Crippen molar-refractivity contribution in [3.8, 4) is 0 Å². The topological polar surface area (TPSA) is 89.6 Å². The van der Waals surface area contributed by atoms with E-state index in [0.29, 0.717) is 5.65 Å². The molecule has 0 aliphatic rings. The van der Waals surface area contributed by atoms with Gasteiger partial charge in [0.25, 0.3) is 5.56 Å². The zero-order valence-electron chi connectivity index (χ0n) is 7.61. The van der Waals surface area contributed by atoms with Crippen molar-refractivity contribution in [2.24, 2.45) is 0 Å². The van der Waals surface area contributed by atoms with Crippen LogP contribution in [0.1, 0.15) is 6.92 Å². The number of rotatable bonds is 1. The van der Waals surface area contributed by atoms with E-state index >= 15 is 0 Å². The number of aromatic amines is 1. The summed E-state index contributed by atoms with van der Waals surface area (Å²) in [5.41, 5.74) is 6.50. The van der Waals surface area contributed by atoms with Crippen LogP contribution in [-0.2, 0) is 0 Å². The number of nitrogens with zero attached hydrogens (tertiary/aromatic N) is 3. The van der Waals surface area contributed by atoms with Crippen LogP contribution in [0, 0.1) is 0 Å². The maximum absolute atomic E-state index is 11.4. The van der Waals surface area contributed by atoms with Crippen LogP contribution in [-0.4, -0.2) is 19.5 Å². The Morgan fingerprint density at radius 3 is 3.07 bits per heavy atom. The Kier molecular flexibility index (Phi) is 1.63. The van der Waals surface area contributed by atoms with Crippen LogP contribution in [0.15, 0.2) is 17.7 Å². The predicted molar refractivity (Wildman–Crippen MR) is 53.6 cm³/mol. The average Bonchev–Trinajstić information content (AvgIpc) is 2.47. The first-order valence-electron chi connectivity index (χ1n) is 3.98. The summed E-state index contributed by atoms with van der Waals surface area (Å²) in [7, 11) is 0. The van der Waals surface area contributed by atoms with Gasteiger partial charge in [-0.2, -0.15) is 4.98 Å². The zero-order chi connectivity index (χ0) is 10.3. The molecule has 0 saturated heterocycles. The third kappa shape index (κ3) is 1.08. The minimum atomic E-state index is -0.340. The Morgan fingerprint density at radius 2 is 2.43 bits per heavy atom. The Balaban J connectivity index is 2.92. The molecular formula is C8H9N5O. The molecular weight excluding hydrogens is 182 g/mol. The minimum Gasteiger partial charge on any atom is -0.369 e. The number of nitrogen functional groups attached to an aromatic ring is 1. The van der Waals surface area contributed by atoms with E-state index in [1.807, 2.05) is 0 Å². The molecule has 2 rings (SSSR count). The van der Waals surface area contributed by atoms with Gasteiger partial charge in [-0.25, -0.2) is 4.98 Å². The van der Waals surface area contributed by atoms with Crippen LogP contribution >= 0.6 is 0 Å². The molecule has 0 aliphatic heterocycles. The number of allylic oxidation sites excluding steroid dienone is 1. The summed E-state index contributed by atoms with van der Waals surface area (Å²) in [6.07, 6.45) is 1.49. The summed E-state index contributed by atoms with van der Waals surface area (Å²) in [5, 5.41) is 0. The smallest absolute Gasteiger partial charge is 0.280 e. The molecule has 6 nitrogen and oxygen atoms in total. The SMILES string of the molecule is C=C(C)n1cnc2c(=O)[nH]c(N)nc21. The van der Waals surface area contributed by atoms with Crippen molar-refractivity contribution in [1.29, 1.82) is 0 Å². The largest absolute Gasteiger partial charge is 0.369 e. The van der Waals surface area contributed by atoms with Gasteiger partial charge in [0, 0.05) is 5.70 Å². The third-order valence-corrected chi connectivity index (χ3v) is 1.84. The van der Waals surface area contributed by atoms with Gasteiger partial charge in [0.1, 0.15) is 6.33 Å². The van der Waals surface area contributed by atoms with Crippen molar-refractivity contribution in [2.75, 3.05) is 5.73 Å². The fraction of sp³-hybridized carbons (Fsp3) is 0.125. The van der Waals surface area contributed by atoms with Gasteiger partial charge in [-0.05, 0) is 6.92 Å². The van der Waals surface area contributed by atoms with E-state index in [1.54, 1.807) is 11.5 Å².